The number of rotatable bonds is 1. The lowest BCUT2D eigenvalue weighted by Crippen LogP contribution is -2.48. The largest absolute Gasteiger partial charge is 0.388 e. The molecular weight excluding hydrogens is 294 g/mol. The van der Waals surface area contributed by atoms with Crippen molar-refractivity contribution < 1.29 is 9.90 Å². The summed E-state index contributed by atoms with van der Waals surface area (Å²) in [4.78, 5) is 14.2. The average molecular weight is 312 g/mol. The van der Waals surface area contributed by atoms with Gasteiger partial charge in [-0.3, -0.25) is 4.79 Å². The zero-order chi connectivity index (χ0) is 13.3. The molecule has 0 aromatic heterocycles. The van der Waals surface area contributed by atoms with Crippen molar-refractivity contribution in [1.82, 2.24) is 4.90 Å². The number of β-amino-alcohol motifs (C(OH)–C–C–N with tert-alkyl or cyclic N) is 1. The quantitative estimate of drug-likeness (QED) is 0.866. The van der Waals surface area contributed by atoms with Gasteiger partial charge in [-0.15, -0.1) is 0 Å². The third-order valence-electron chi connectivity index (χ3n) is 3.46. The zero-order valence-corrected chi connectivity index (χ0v) is 12.3. The molecular formula is C14H18BrNO2. The Hall–Kier alpha value is -0.870. The lowest BCUT2D eigenvalue weighted by Gasteiger charge is -2.37. The van der Waals surface area contributed by atoms with Gasteiger partial charge in [-0.1, -0.05) is 22.0 Å². The molecule has 1 fully saturated rings. The summed E-state index contributed by atoms with van der Waals surface area (Å²) in [5.41, 5.74) is 0.906. The molecule has 4 heteroatoms. The number of amides is 1. The molecule has 1 atom stereocenters. The van der Waals surface area contributed by atoms with Gasteiger partial charge in [0, 0.05) is 23.1 Å². The Kier molecular flexibility index (Phi) is 3.78. The number of piperidine rings is 1. The molecule has 1 unspecified atom stereocenters. The third kappa shape index (κ3) is 2.75. The molecule has 1 aliphatic heterocycles. The van der Waals surface area contributed by atoms with E-state index < -0.39 is 5.60 Å². The minimum absolute atomic E-state index is 0.00813. The lowest BCUT2D eigenvalue weighted by molar-refractivity contribution is -0.0107. The van der Waals surface area contributed by atoms with Crippen LogP contribution in [0, 0.1) is 6.92 Å². The van der Waals surface area contributed by atoms with Crippen molar-refractivity contribution in [3.05, 3.63) is 33.8 Å². The van der Waals surface area contributed by atoms with Crippen LogP contribution in [0.4, 0.5) is 0 Å². The van der Waals surface area contributed by atoms with Crippen LogP contribution in [-0.2, 0) is 0 Å². The first-order chi connectivity index (χ1) is 8.41. The Morgan fingerprint density at radius 3 is 2.89 bits per heavy atom. The van der Waals surface area contributed by atoms with Crippen LogP contribution in [0.5, 0.6) is 0 Å². The standard InChI is InChI=1S/C14H18BrNO2/c1-10-11(5-3-6-12(10)15)13(17)16-8-4-7-14(2,18)9-16/h3,5-6,18H,4,7-9H2,1-2H3. The summed E-state index contributed by atoms with van der Waals surface area (Å²) >= 11 is 3.44. The topological polar surface area (TPSA) is 40.5 Å². The highest BCUT2D eigenvalue weighted by atomic mass is 79.9. The molecule has 0 bridgehead atoms. The molecule has 0 saturated carbocycles. The smallest absolute Gasteiger partial charge is 0.254 e. The van der Waals surface area contributed by atoms with Gasteiger partial charge in [0.25, 0.3) is 5.91 Å². The van der Waals surface area contributed by atoms with Gasteiger partial charge < -0.3 is 10.0 Å². The lowest BCUT2D eigenvalue weighted by atomic mass is 9.94. The van der Waals surface area contributed by atoms with Crippen LogP contribution in [0.15, 0.2) is 22.7 Å². The number of halogens is 1. The van der Waals surface area contributed by atoms with Crippen molar-refractivity contribution in [2.24, 2.45) is 0 Å². The molecule has 1 saturated heterocycles. The van der Waals surface area contributed by atoms with Gasteiger partial charge >= 0.3 is 0 Å². The normalized spacial score (nSPS) is 24.1. The summed E-state index contributed by atoms with van der Waals surface area (Å²) in [6.45, 7) is 4.86. The minimum Gasteiger partial charge on any atom is -0.388 e. The van der Waals surface area contributed by atoms with Crippen LogP contribution >= 0.6 is 15.9 Å². The molecule has 1 aliphatic rings. The van der Waals surface area contributed by atoms with Crippen molar-refractivity contribution in [1.29, 1.82) is 0 Å². The van der Waals surface area contributed by atoms with E-state index in [1.54, 1.807) is 11.8 Å². The molecule has 0 spiro atoms. The molecule has 1 N–H and O–H groups in total. The molecule has 1 aromatic carbocycles. The Morgan fingerprint density at radius 1 is 1.50 bits per heavy atom. The van der Waals surface area contributed by atoms with E-state index in [0.29, 0.717) is 12.1 Å². The van der Waals surface area contributed by atoms with Gasteiger partial charge in [0.05, 0.1) is 5.60 Å². The number of carbonyl (C=O) groups excluding carboxylic acids is 1. The van der Waals surface area contributed by atoms with E-state index in [1.807, 2.05) is 25.1 Å². The predicted molar refractivity (Wildman–Crippen MR) is 74.6 cm³/mol. The van der Waals surface area contributed by atoms with Gasteiger partial charge in [0.1, 0.15) is 0 Å². The predicted octanol–water partition coefficient (Wildman–Crippen LogP) is 2.74. The number of aliphatic hydroxyl groups is 1. The summed E-state index contributed by atoms with van der Waals surface area (Å²) in [7, 11) is 0. The van der Waals surface area contributed by atoms with Crippen molar-refractivity contribution >= 4 is 21.8 Å². The van der Waals surface area contributed by atoms with Gasteiger partial charge in [-0.25, -0.2) is 0 Å². The maximum Gasteiger partial charge on any atom is 0.254 e. The van der Waals surface area contributed by atoms with E-state index in [9.17, 15) is 9.90 Å². The van der Waals surface area contributed by atoms with E-state index in [0.717, 1.165) is 29.4 Å². The second-order valence-corrected chi connectivity index (χ2v) is 6.09. The Labute approximate surface area is 116 Å². The van der Waals surface area contributed by atoms with E-state index in [-0.39, 0.29) is 5.91 Å². The molecule has 98 valence electrons. The highest BCUT2D eigenvalue weighted by Crippen LogP contribution is 2.25. The van der Waals surface area contributed by atoms with Gasteiger partial charge in [-0.05, 0) is 44.4 Å². The number of benzene rings is 1. The number of carbonyl (C=O) groups is 1. The minimum atomic E-state index is -0.756. The monoisotopic (exact) mass is 311 g/mol. The molecule has 18 heavy (non-hydrogen) atoms. The van der Waals surface area contributed by atoms with Crippen LogP contribution in [0.1, 0.15) is 35.7 Å². The van der Waals surface area contributed by atoms with Crippen LogP contribution in [-0.4, -0.2) is 34.6 Å². The second kappa shape index (κ2) is 5.02. The van der Waals surface area contributed by atoms with Gasteiger partial charge in [0.15, 0.2) is 0 Å². The van der Waals surface area contributed by atoms with Crippen LogP contribution in [0.25, 0.3) is 0 Å². The van der Waals surface area contributed by atoms with Crippen molar-refractivity contribution in [3.63, 3.8) is 0 Å². The number of hydrogen-bond acceptors (Lipinski definition) is 2. The highest BCUT2D eigenvalue weighted by molar-refractivity contribution is 9.10. The molecule has 3 nitrogen and oxygen atoms in total. The van der Waals surface area contributed by atoms with Crippen LogP contribution in [0.2, 0.25) is 0 Å². The number of likely N-dealkylation sites (tertiary alicyclic amines) is 1. The van der Waals surface area contributed by atoms with E-state index in [2.05, 4.69) is 15.9 Å². The average Bonchev–Trinajstić information content (AvgIpc) is 2.30. The van der Waals surface area contributed by atoms with Crippen LogP contribution < -0.4 is 0 Å². The summed E-state index contributed by atoms with van der Waals surface area (Å²) < 4.78 is 0.942. The first kappa shape index (κ1) is 13.6. The van der Waals surface area contributed by atoms with Gasteiger partial charge in [0.2, 0.25) is 0 Å². The fourth-order valence-electron chi connectivity index (χ4n) is 2.40. The van der Waals surface area contributed by atoms with Crippen molar-refractivity contribution in [3.8, 4) is 0 Å². The first-order valence-electron chi connectivity index (χ1n) is 6.17. The zero-order valence-electron chi connectivity index (χ0n) is 10.7. The van der Waals surface area contributed by atoms with Crippen molar-refractivity contribution in [2.75, 3.05) is 13.1 Å². The molecule has 1 amide bonds. The Morgan fingerprint density at radius 2 is 2.22 bits per heavy atom. The summed E-state index contributed by atoms with van der Waals surface area (Å²) in [6.07, 6.45) is 1.61. The molecule has 1 aromatic rings. The molecule has 1 heterocycles. The summed E-state index contributed by atoms with van der Waals surface area (Å²) in [6, 6.07) is 5.64. The maximum absolute atomic E-state index is 12.5. The fourth-order valence-corrected chi connectivity index (χ4v) is 2.77. The summed E-state index contributed by atoms with van der Waals surface area (Å²) in [5.74, 6) is 0.00813. The van der Waals surface area contributed by atoms with E-state index >= 15 is 0 Å². The van der Waals surface area contributed by atoms with Crippen molar-refractivity contribution in [2.45, 2.75) is 32.3 Å². The third-order valence-corrected chi connectivity index (χ3v) is 4.32. The second-order valence-electron chi connectivity index (χ2n) is 5.24. The first-order valence-corrected chi connectivity index (χ1v) is 6.97. The number of nitrogens with zero attached hydrogens (tertiary/aromatic N) is 1. The highest BCUT2D eigenvalue weighted by Gasteiger charge is 2.31. The summed E-state index contributed by atoms with van der Waals surface area (Å²) in [5, 5.41) is 10.1. The maximum atomic E-state index is 12.5. The van der Waals surface area contributed by atoms with E-state index in [4.69, 9.17) is 0 Å². The molecule has 0 radical (unpaired) electrons. The number of hydrogen-bond donors (Lipinski definition) is 1. The Bertz CT molecular complexity index is 471. The molecule has 2 rings (SSSR count). The van der Waals surface area contributed by atoms with Gasteiger partial charge in [-0.2, -0.15) is 0 Å². The fraction of sp³-hybridized carbons (Fsp3) is 0.500. The van der Waals surface area contributed by atoms with Crippen LogP contribution in [0.3, 0.4) is 0 Å². The molecule has 0 aliphatic carbocycles. The SMILES string of the molecule is Cc1c(Br)cccc1C(=O)N1CCCC(C)(O)C1. The Balaban J connectivity index is 2.23. The van der Waals surface area contributed by atoms with E-state index in [1.165, 1.54) is 0 Å².